The van der Waals surface area contributed by atoms with Crippen LogP contribution in [0.4, 0.5) is 13.2 Å². The molecule has 0 aromatic carbocycles. The van der Waals surface area contributed by atoms with Gasteiger partial charge in [-0.3, -0.25) is 4.79 Å². The summed E-state index contributed by atoms with van der Waals surface area (Å²) < 4.78 is 44.0. The lowest BCUT2D eigenvalue weighted by atomic mass is 9.77. The highest BCUT2D eigenvalue weighted by molar-refractivity contribution is 5.92. The standard InChI is InChI=1S/C12H20F3NO2/c1-9(2)6-7(10(3,4)18-9)8(17)11(5,16)12(13,14)15/h7H,6,16H2,1-5H3. The minimum atomic E-state index is -4.76. The minimum absolute atomic E-state index is 0.238. The zero-order chi connectivity index (χ0) is 14.6. The number of nitrogens with two attached hydrogens (primary N) is 1. The average molecular weight is 267 g/mol. The minimum Gasteiger partial charge on any atom is -0.369 e. The molecule has 0 aromatic rings. The first-order valence-corrected chi connectivity index (χ1v) is 5.81. The van der Waals surface area contributed by atoms with Crippen LogP contribution in [0.5, 0.6) is 0 Å². The van der Waals surface area contributed by atoms with E-state index in [0.717, 1.165) is 6.92 Å². The Bertz CT molecular complexity index is 359. The number of rotatable bonds is 2. The summed E-state index contributed by atoms with van der Waals surface area (Å²) in [5.41, 5.74) is 0.805. The topological polar surface area (TPSA) is 52.3 Å². The summed E-state index contributed by atoms with van der Waals surface area (Å²) in [7, 11) is 0. The van der Waals surface area contributed by atoms with Crippen LogP contribution < -0.4 is 5.73 Å². The van der Waals surface area contributed by atoms with Crippen LogP contribution in [0.3, 0.4) is 0 Å². The smallest absolute Gasteiger partial charge is 0.369 e. The number of hydrogen-bond donors (Lipinski definition) is 1. The lowest BCUT2D eigenvalue weighted by Gasteiger charge is -2.33. The van der Waals surface area contributed by atoms with Crippen molar-refractivity contribution in [2.24, 2.45) is 11.7 Å². The Morgan fingerprint density at radius 3 is 2.00 bits per heavy atom. The quantitative estimate of drug-likeness (QED) is 0.836. The monoisotopic (exact) mass is 267 g/mol. The zero-order valence-corrected chi connectivity index (χ0v) is 11.3. The van der Waals surface area contributed by atoms with Gasteiger partial charge in [0.2, 0.25) is 0 Å². The van der Waals surface area contributed by atoms with Gasteiger partial charge in [-0.15, -0.1) is 0 Å². The van der Waals surface area contributed by atoms with Gasteiger partial charge in [-0.05, 0) is 41.0 Å². The van der Waals surface area contributed by atoms with Crippen molar-refractivity contribution in [3.8, 4) is 0 Å². The molecule has 0 radical (unpaired) electrons. The Hall–Kier alpha value is -0.620. The molecule has 1 fully saturated rings. The highest BCUT2D eigenvalue weighted by Gasteiger charge is 2.60. The van der Waals surface area contributed by atoms with Crippen LogP contribution in [0, 0.1) is 5.92 Å². The molecule has 0 saturated carbocycles. The molecule has 0 aromatic heterocycles. The molecule has 0 spiro atoms. The molecule has 0 amide bonds. The Morgan fingerprint density at radius 1 is 1.28 bits per heavy atom. The summed E-state index contributed by atoms with van der Waals surface area (Å²) in [6.45, 7) is 7.47. The van der Waals surface area contributed by atoms with E-state index in [1.54, 1.807) is 27.7 Å². The predicted molar refractivity (Wildman–Crippen MR) is 61.0 cm³/mol. The number of halogens is 3. The Labute approximate surface area is 105 Å². The second-order valence-corrected chi connectivity index (χ2v) is 6.29. The van der Waals surface area contributed by atoms with Gasteiger partial charge in [-0.25, -0.2) is 0 Å². The fraction of sp³-hybridized carbons (Fsp3) is 0.917. The fourth-order valence-electron chi connectivity index (χ4n) is 2.47. The Morgan fingerprint density at radius 2 is 1.72 bits per heavy atom. The molecule has 106 valence electrons. The third-order valence-electron chi connectivity index (χ3n) is 3.49. The van der Waals surface area contributed by atoms with E-state index in [0.29, 0.717) is 0 Å². The summed E-state index contributed by atoms with van der Waals surface area (Å²) in [6.07, 6.45) is -4.52. The van der Waals surface area contributed by atoms with Crippen LogP contribution in [0.1, 0.15) is 41.0 Å². The van der Waals surface area contributed by atoms with Gasteiger partial charge < -0.3 is 10.5 Å². The molecule has 18 heavy (non-hydrogen) atoms. The van der Waals surface area contributed by atoms with Gasteiger partial charge in [-0.2, -0.15) is 13.2 Å². The van der Waals surface area contributed by atoms with Crippen molar-refractivity contribution < 1.29 is 22.7 Å². The molecule has 1 aliphatic rings. The van der Waals surface area contributed by atoms with E-state index in [-0.39, 0.29) is 6.42 Å². The number of alkyl halides is 3. The third-order valence-corrected chi connectivity index (χ3v) is 3.49. The summed E-state index contributed by atoms with van der Waals surface area (Å²) >= 11 is 0. The number of carbonyl (C=O) groups excluding carboxylic acids is 1. The van der Waals surface area contributed by atoms with Crippen molar-refractivity contribution in [1.29, 1.82) is 0 Å². The van der Waals surface area contributed by atoms with Crippen LogP contribution >= 0.6 is 0 Å². The number of ketones is 1. The number of carbonyl (C=O) groups is 1. The molecular weight excluding hydrogens is 247 g/mol. The first-order chi connectivity index (χ1) is 7.71. The van der Waals surface area contributed by atoms with Gasteiger partial charge >= 0.3 is 6.18 Å². The predicted octanol–water partition coefficient (Wildman–Crippen LogP) is 2.43. The lowest BCUT2D eigenvalue weighted by Crippen LogP contribution is -2.60. The molecular formula is C12H20F3NO2. The molecule has 1 aliphatic heterocycles. The first-order valence-electron chi connectivity index (χ1n) is 5.81. The fourth-order valence-corrected chi connectivity index (χ4v) is 2.47. The van der Waals surface area contributed by atoms with Gasteiger partial charge in [0.25, 0.3) is 0 Å². The zero-order valence-electron chi connectivity index (χ0n) is 11.3. The molecule has 0 aliphatic carbocycles. The van der Waals surface area contributed by atoms with Crippen molar-refractivity contribution in [2.45, 2.75) is 64.0 Å². The average Bonchev–Trinajstić information content (AvgIpc) is 2.30. The third kappa shape index (κ3) is 2.54. The van der Waals surface area contributed by atoms with Crippen molar-refractivity contribution in [2.75, 3.05) is 0 Å². The maximum atomic E-state index is 12.8. The van der Waals surface area contributed by atoms with Crippen molar-refractivity contribution >= 4 is 5.78 Å². The highest BCUT2D eigenvalue weighted by atomic mass is 19.4. The second-order valence-electron chi connectivity index (χ2n) is 6.29. The molecule has 3 nitrogen and oxygen atoms in total. The Kier molecular flexibility index (Phi) is 3.37. The highest BCUT2D eigenvalue weighted by Crippen LogP contribution is 2.45. The molecule has 2 atom stereocenters. The van der Waals surface area contributed by atoms with E-state index in [4.69, 9.17) is 10.5 Å². The molecule has 1 saturated heterocycles. The van der Waals surface area contributed by atoms with Crippen LogP contribution in [0.2, 0.25) is 0 Å². The summed E-state index contributed by atoms with van der Waals surface area (Å²) in [5.74, 6) is -1.87. The van der Waals surface area contributed by atoms with Crippen LogP contribution in [0.15, 0.2) is 0 Å². The van der Waals surface area contributed by atoms with E-state index >= 15 is 0 Å². The van der Waals surface area contributed by atoms with Crippen LogP contribution in [-0.2, 0) is 9.53 Å². The van der Waals surface area contributed by atoms with Gasteiger partial charge in [0.15, 0.2) is 11.3 Å². The molecule has 0 bridgehead atoms. The van der Waals surface area contributed by atoms with Crippen LogP contribution in [-0.4, -0.2) is 28.7 Å². The van der Waals surface area contributed by atoms with Crippen molar-refractivity contribution in [1.82, 2.24) is 0 Å². The van der Waals surface area contributed by atoms with E-state index in [1.807, 2.05) is 0 Å². The maximum absolute atomic E-state index is 12.8. The van der Waals surface area contributed by atoms with Crippen molar-refractivity contribution in [3.63, 3.8) is 0 Å². The normalized spacial score (nSPS) is 29.9. The summed E-state index contributed by atoms with van der Waals surface area (Å²) in [4.78, 5) is 12.1. The number of Topliss-reactive ketones (excluding diaryl/α,β-unsaturated/α-hetero) is 1. The van der Waals surface area contributed by atoms with Gasteiger partial charge in [0.05, 0.1) is 17.1 Å². The number of ether oxygens (including phenoxy) is 1. The van der Waals surface area contributed by atoms with Gasteiger partial charge in [0, 0.05) is 0 Å². The van der Waals surface area contributed by atoms with Gasteiger partial charge in [0.1, 0.15) is 0 Å². The molecule has 2 unspecified atom stereocenters. The van der Waals surface area contributed by atoms with E-state index in [2.05, 4.69) is 0 Å². The molecule has 1 rings (SSSR count). The van der Waals surface area contributed by atoms with Crippen LogP contribution in [0.25, 0.3) is 0 Å². The molecule has 2 N–H and O–H groups in total. The summed E-state index contributed by atoms with van der Waals surface area (Å²) in [6, 6.07) is 0. The number of hydrogen-bond acceptors (Lipinski definition) is 3. The SMILES string of the molecule is CC1(C)CC(C(=O)C(C)(N)C(F)(F)F)C(C)(C)O1. The largest absolute Gasteiger partial charge is 0.413 e. The first kappa shape index (κ1) is 15.4. The van der Waals surface area contributed by atoms with E-state index < -0.39 is 34.6 Å². The summed E-state index contributed by atoms with van der Waals surface area (Å²) in [5, 5.41) is 0. The van der Waals surface area contributed by atoms with E-state index in [1.165, 1.54) is 0 Å². The molecule has 1 heterocycles. The Balaban J connectivity index is 3.06. The van der Waals surface area contributed by atoms with Gasteiger partial charge in [-0.1, -0.05) is 0 Å². The van der Waals surface area contributed by atoms with Crippen molar-refractivity contribution in [3.05, 3.63) is 0 Å². The lowest BCUT2D eigenvalue weighted by molar-refractivity contribution is -0.190. The maximum Gasteiger partial charge on any atom is 0.413 e. The molecule has 6 heteroatoms. The van der Waals surface area contributed by atoms with E-state index in [9.17, 15) is 18.0 Å². The second kappa shape index (κ2) is 3.93.